The van der Waals surface area contributed by atoms with Gasteiger partial charge in [0.2, 0.25) is 5.91 Å². The van der Waals surface area contributed by atoms with Gasteiger partial charge in [0, 0.05) is 36.6 Å². The Morgan fingerprint density at radius 3 is 3.00 bits per heavy atom. The zero-order valence-corrected chi connectivity index (χ0v) is 11.8. The number of carbonyl (C=O) groups excluding carboxylic acids is 1. The summed E-state index contributed by atoms with van der Waals surface area (Å²) in [5.41, 5.74) is 2.53. The lowest BCUT2D eigenvalue weighted by Gasteiger charge is -2.09. The van der Waals surface area contributed by atoms with Crippen LogP contribution in [0.3, 0.4) is 0 Å². The van der Waals surface area contributed by atoms with Crippen molar-refractivity contribution in [3.05, 3.63) is 47.8 Å². The summed E-state index contributed by atoms with van der Waals surface area (Å²) in [5, 5.41) is 15.6. The molecule has 0 saturated heterocycles. The van der Waals surface area contributed by atoms with Gasteiger partial charge in [0.25, 0.3) is 0 Å². The summed E-state index contributed by atoms with van der Waals surface area (Å²) >= 11 is 0. The van der Waals surface area contributed by atoms with E-state index >= 15 is 0 Å². The Labute approximate surface area is 123 Å². The molecule has 5 heteroatoms. The molecule has 5 nitrogen and oxygen atoms in total. The molecule has 1 heterocycles. The van der Waals surface area contributed by atoms with Gasteiger partial charge in [-0.3, -0.25) is 9.48 Å². The lowest BCUT2D eigenvalue weighted by atomic mass is 10.1. The third kappa shape index (κ3) is 4.48. The number of hydrogen-bond donors (Lipinski definition) is 2. The number of carbonyl (C=O) groups is 1. The Morgan fingerprint density at radius 1 is 1.48 bits per heavy atom. The summed E-state index contributed by atoms with van der Waals surface area (Å²) in [6.45, 7) is 2.30. The molecular weight excluding hydrogens is 266 g/mol. The quantitative estimate of drug-likeness (QED) is 0.837. The van der Waals surface area contributed by atoms with Crippen molar-refractivity contribution in [1.82, 2.24) is 9.78 Å². The van der Waals surface area contributed by atoms with Gasteiger partial charge in [-0.1, -0.05) is 11.8 Å². The summed E-state index contributed by atoms with van der Waals surface area (Å²) in [6.07, 6.45) is 3.88. The van der Waals surface area contributed by atoms with Gasteiger partial charge in [-0.15, -0.1) is 0 Å². The van der Waals surface area contributed by atoms with Gasteiger partial charge in [-0.05, 0) is 36.8 Å². The van der Waals surface area contributed by atoms with Crippen LogP contribution in [0.25, 0.3) is 0 Å². The molecule has 0 aliphatic carbocycles. The number of rotatable bonds is 4. The number of aromatic nitrogens is 2. The molecule has 1 amide bonds. The molecule has 0 bridgehead atoms. The number of aryl methyl sites for hydroxylation is 2. The molecule has 0 spiro atoms. The molecule has 2 N–H and O–H groups in total. The molecule has 108 valence electrons. The molecule has 0 unspecified atom stereocenters. The van der Waals surface area contributed by atoms with Crippen molar-refractivity contribution >= 4 is 11.6 Å². The normalized spacial score (nSPS) is 9.81. The number of anilines is 1. The second-order valence-corrected chi connectivity index (χ2v) is 4.56. The molecule has 1 aromatic heterocycles. The first-order chi connectivity index (χ1) is 10.2. The molecule has 0 atom stereocenters. The Bertz CT molecular complexity index is 667. The van der Waals surface area contributed by atoms with E-state index in [4.69, 9.17) is 5.11 Å². The van der Waals surface area contributed by atoms with Gasteiger partial charge in [0.15, 0.2) is 0 Å². The largest absolute Gasteiger partial charge is 0.384 e. The fraction of sp³-hybridized carbons (Fsp3) is 0.250. The van der Waals surface area contributed by atoms with Crippen LogP contribution in [-0.2, 0) is 11.3 Å². The highest BCUT2D eigenvalue weighted by Crippen LogP contribution is 2.16. The topological polar surface area (TPSA) is 67.2 Å². The summed E-state index contributed by atoms with van der Waals surface area (Å²) in [7, 11) is 0. The summed E-state index contributed by atoms with van der Waals surface area (Å²) in [4.78, 5) is 11.9. The van der Waals surface area contributed by atoms with Crippen LogP contribution in [0.4, 0.5) is 5.69 Å². The Hall–Kier alpha value is -2.58. The Balaban J connectivity index is 1.94. The monoisotopic (exact) mass is 283 g/mol. The van der Waals surface area contributed by atoms with Crippen molar-refractivity contribution in [1.29, 1.82) is 0 Å². The average molecular weight is 283 g/mol. The van der Waals surface area contributed by atoms with E-state index in [1.807, 2.05) is 37.4 Å². The minimum Gasteiger partial charge on any atom is -0.384 e. The predicted molar refractivity (Wildman–Crippen MR) is 80.6 cm³/mol. The Kier molecular flexibility index (Phi) is 5.13. The van der Waals surface area contributed by atoms with E-state index in [0.29, 0.717) is 13.0 Å². The van der Waals surface area contributed by atoms with Crippen LogP contribution in [0.2, 0.25) is 0 Å². The molecule has 21 heavy (non-hydrogen) atoms. The molecule has 2 aromatic rings. The smallest absolute Gasteiger partial charge is 0.226 e. The SMILES string of the molecule is Cc1cc(C#CCO)ccc1NC(=O)CCn1cccn1. The van der Waals surface area contributed by atoms with E-state index in [-0.39, 0.29) is 12.5 Å². The predicted octanol–water partition coefficient (Wildman–Crippen LogP) is 1.56. The summed E-state index contributed by atoms with van der Waals surface area (Å²) in [6, 6.07) is 7.35. The molecule has 1 aromatic carbocycles. The lowest BCUT2D eigenvalue weighted by Crippen LogP contribution is -2.15. The van der Waals surface area contributed by atoms with Crippen molar-refractivity contribution in [2.75, 3.05) is 11.9 Å². The highest BCUT2D eigenvalue weighted by molar-refractivity contribution is 5.91. The zero-order valence-electron chi connectivity index (χ0n) is 11.8. The second-order valence-electron chi connectivity index (χ2n) is 4.56. The summed E-state index contributed by atoms with van der Waals surface area (Å²) < 4.78 is 1.72. The molecular formula is C16H17N3O2. The van der Waals surface area contributed by atoms with E-state index in [9.17, 15) is 4.79 Å². The number of amides is 1. The van der Waals surface area contributed by atoms with Crippen molar-refractivity contribution in [2.24, 2.45) is 0 Å². The number of hydrogen-bond acceptors (Lipinski definition) is 3. The van der Waals surface area contributed by atoms with Gasteiger partial charge >= 0.3 is 0 Å². The van der Waals surface area contributed by atoms with E-state index in [1.165, 1.54) is 0 Å². The van der Waals surface area contributed by atoms with Crippen molar-refractivity contribution in [3.63, 3.8) is 0 Å². The van der Waals surface area contributed by atoms with Gasteiger partial charge in [-0.2, -0.15) is 5.10 Å². The van der Waals surface area contributed by atoms with E-state index in [2.05, 4.69) is 22.3 Å². The fourth-order valence-corrected chi connectivity index (χ4v) is 1.88. The van der Waals surface area contributed by atoms with Gasteiger partial charge in [0.1, 0.15) is 6.61 Å². The van der Waals surface area contributed by atoms with Crippen molar-refractivity contribution in [3.8, 4) is 11.8 Å². The first-order valence-electron chi connectivity index (χ1n) is 6.66. The zero-order chi connectivity index (χ0) is 15.1. The third-order valence-corrected chi connectivity index (χ3v) is 2.94. The number of benzene rings is 1. The maximum atomic E-state index is 11.9. The van der Waals surface area contributed by atoms with Crippen LogP contribution < -0.4 is 5.32 Å². The molecule has 0 aliphatic rings. The van der Waals surface area contributed by atoms with E-state index in [1.54, 1.807) is 10.9 Å². The minimum absolute atomic E-state index is 0.0530. The number of nitrogens with one attached hydrogen (secondary N) is 1. The highest BCUT2D eigenvalue weighted by Gasteiger charge is 2.05. The second kappa shape index (κ2) is 7.27. The van der Waals surface area contributed by atoms with Gasteiger partial charge in [-0.25, -0.2) is 0 Å². The maximum Gasteiger partial charge on any atom is 0.226 e. The Morgan fingerprint density at radius 2 is 2.33 bits per heavy atom. The molecule has 0 fully saturated rings. The van der Waals surface area contributed by atoms with E-state index in [0.717, 1.165) is 16.8 Å². The van der Waals surface area contributed by atoms with Gasteiger partial charge < -0.3 is 10.4 Å². The molecule has 0 saturated carbocycles. The first kappa shape index (κ1) is 14.8. The number of nitrogens with zero attached hydrogens (tertiary/aromatic N) is 2. The minimum atomic E-state index is -0.162. The van der Waals surface area contributed by atoms with Crippen LogP contribution in [-0.4, -0.2) is 27.4 Å². The molecule has 0 aliphatic heterocycles. The standard InChI is InChI=1S/C16H17N3O2/c1-13-12-14(4-2-11-20)5-6-15(13)18-16(21)7-10-19-9-3-8-17-19/h3,5-6,8-9,12,20H,7,10-11H2,1H3,(H,18,21). The van der Waals surface area contributed by atoms with Crippen LogP contribution >= 0.6 is 0 Å². The van der Waals surface area contributed by atoms with Crippen LogP contribution in [0.15, 0.2) is 36.7 Å². The number of aliphatic hydroxyl groups excluding tert-OH is 1. The summed E-state index contributed by atoms with van der Waals surface area (Å²) in [5.74, 6) is 5.38. The molecule has 0 radical (unpaired) electrons. The third-order valence-electron chi connectivity index (χ3n) is 2.94. The molecule has 2 rings (SSSR count). The maximum absolute atomic E-state index is 11.9. The average Bonchev–Trinajstić information content (AvgIpc) is 2.99. The van der Waals surface area contributed by atoms with Crippen molar-refractivity contribution in [2.45, 2.75) is 19.9 Å². The van der Waals surface area contributed by atoms with Crippen LogP contribution in [0.1, 0.15) is 17.5 Å². The van der Waals surface area contributed by atoms with Crippen LogP contribution in [0.5, 0.6) is 0 Å². The van der Waals surface area contributed by atoms with Crippen molar-refractivity contribution < 1.29 is 9.90 Å². The lowest BCUT2D eigenvalue weighted by molar-refractivity contribution is -0.116. The fourth-order valence-electron chi connectivity index (χ4n) is 1.88. The van der Waals surface area contributed by atoms with Gasteiger partial charge in [0.05, 0.1) is 0 Å². The highest BCUT2D eigenvalue weighted by atomic mass is 16.2. The van der Waals surface area contributed by atoms with Crippen LogP contribution in [0, 0.1) is 18.8 Å². The van der Waals surface area contributed by atoms with E-state index < -0.39 is 0 Å². The number of aliphatic hydroxyl groups is 1. The first-order valence-corrected chi connectivity index (χ1v) is 6.66.